The lowest BCUT2D eigenvalue weighted by molar-refractivity contribution is -0.384. The molecular formula is C52H76N4O10. The zero-order chi connectivity index (χ0) is 46.7. The van der Waals surface area contributed by atoms with Crippen molar-refractivity contribution in [2.24, 2.45) is 22.9 Å². The zero-order valence-electron chi connectivity index (χ0n) is 39.6. The fourth-order valence-corrected chi connectivity index (χ4v) is 10.3. The molecule has 2 aliphatic heterocycles. The second-order valence-electron chi connectivity index (χ2n) is 18.6. The van der Waals surface area contributed by atoms with Gasteiger partial charge in [-0.2, -0.15) is 0 Å². The lowest BCUT2D eigenvalue weighted by Gasteiger charge is -2.59. The second kappa shape index (κ2) is 26.2. The van der Waals surface area contributed by atoms with E-state index in [1.807, 2.05) is 12.1 Å². The number of allylic oxidation sites excluding steroid dienone is 1. The van der Waals surface area contributed by atoms with Gasteiger partial charge in [0.15, 0.2) is 0 Å². The van der Waals surface area contributed by atoms with Crippen molar-refractivity contribution < 1.29 is 43.7 Å². The van der Waals surface area contributed by atoms with Gasteiger partial charge < -0.3 is 38.9 Å². The number of ether oxygens (including phenoxy) is 4. The van der Waals surface area contributed by atoms with Crippen LogP contribution in [0.4, 0.5) is 10.5 Å². The van der Waals surface area contributed by atoms with Crippen LogP contribution >= 0.6 is 0 Å². The minimum Gasteiger partial charge on any atom is -0.492 e. The molecule has 0 bridgehead atoms. The van der Waals surface area contributed by atoms with Crippen molar-refractivity contribution in [1.29, 1.82) is 0 Å². The molecule has 2 aliphatic carbocycles. The number of nitrogens with zero attached hydrogens (tertiary/aromatic N) is 4. The van der Waals surface area contributed by atoms with Crippen LogP contribution < -0.4 is 9.47 Å². The molecule has 2 fully saturated rings. The summed E-state index contributed by atoms with van der Waals surface area (Å²) in [5.74, 6) is -0.501. The number of unbranched alkanes of at least 4 members (excludes halogenated alkanes) is 11. The normalized spacial score (nSPS) is 23.5. The number of hydrogen-bond donors (Lipinski definition) is 2. The maximum absolute atomic E-state index is 14.3. The van der Waals surface area contributed by atoms with Gasteiger partial charge in [0.05, 0.1) is 29.8 Å². The number of oxime groups is 1. The Morgan fingerprint density at radius 3 is 2.32 bits per heavy atom. The van der Waals surface area contributed by atoms with Gasteiger partial charge in [0.2, 0.25) is 5.79 Å². The summed E-state index contributed by atoms with van der Waals surface area (Å²) < 4.78 is 26.7. The molecule has 6 unspecified atom stereocenters. The third kappa shape index (κ3) is 13.6. The van der Waals surface area contributed by atoms with Crippen molar-refractivity contribution in [3.8, 4) is 11.5 Å². The number of hydrogen-bond acceptors (Lipinski definition) is 12. The van der Waals surface area contributed by atoms with Gasteiger partial charge in [-0.1, -0.05) is 94.9 Å². The summed E-state index contributed by atoms with van der Waals surface area (Å²) in [7, 11) is 1.74. The number of nitro groups is 1. The Labute approximate surface area is 392 Å². The molecule has 14 heteroatoms. The van der Waals surface area contributed by atoms with E-state index < -0.39 is 28.8 Å². The van der Waals surface area contributed by atoms with Crippen LogP contribution in [0.2, 0.25) is 0 Å². The third-order valence-corrected chi connectivity index (χ3v) is 13.9. The summed E-state index contributed by atoms with van der Waals surface area (Å²) >= 11 is 0. The highest BCUT2D eigenvalue weighted by atomic mass is 16.7. The van der Waals surface area contributed by atoms with E-state index in [2.05, 4.69) is 30.5 Å². The number of fused-ring (bicyclic) bond motifs is 2. The fraction of sp³-hybridized carbons (Fsp3) is 0.654. The molecule has 1 saturated heterocycles. The molecule has 6 rings (SSSR count). The lowest BCUT2D eigenvalue weighted by atomic mass is 9.55. The van der Waals surface area contributed by atoms with Crippen molar-refractivity contribution >= 4 is 17.5 Å². The zero-order valence-corrected chi connectivity index (χ0v) is 39.6. The number of aliphatic hydroxyl groups excluding tert-OH is 2. The molecule has 364 valence electrons. The molecule has 2 heterocycles. The van der Waals surface area contributed by atoms with Crippen LogP contribution in [0.25, 0.3) is 0 Å². The van der Waals surface area contributed by atoms with Gasteiger partial charge in [-0.25, -0.2) is 4.79 Å². The van der Waals surface area contributed by atoms with Crippen molar-refractivity contribution in [1.82, 2.24) is 9.80 Å². The van der Waals surface area contributed by atoms with E-state index in [0.717, 1.165) is 87.0 Å². The van der Waals surface area contributed by atoms with Crippen LogP contribution in [-0.2, 0) is 20.9 Å². The molecule has 2 aromatic rings. The lowest BCUT2D eigenvalue weighted by Crippen LogP contribution is -2.69. The Bertz CT molecular complexity index is 1900. The highest BCUT2D eigenvalue weighted by Crippen LogP contribution is 2.62. The SMILES string of the molecule is C=CCOC12Oc3ccc(OCCN4CC4)cc3C3C(CCCCO)C(CCCCO)C=C(C(=NOCc4ccc([N+](=O)[O-])cc4)CC1N(C)C(=O)OCCCCCCCCCCCC)C32. The maximum atomic E-state index is 14.3. The van der Waals surface area contributed by atoms with Crippen LogP contribution in [-0.4, -0.2) is 108 Å². The number of benzene rings is 2. The number of aliphatic hydroxyl groups is 2. The van der Waals surface area contributed by atoms with Gasteiger partial charge in [0.25, 0.3) is 5.69 Å². The van der Waals surface area contributed by atoms with E-state index in [4.69, 9.17) is 28.9 Å². The first-order chi connectivity index (χ1) is 32.2. The van der Waals surface area contributed by atoms with Gasteiger partial charge >= 0.3 is 6.09 Å². The Kier molecular flexibility index (Phi) is 20.2. The Hall–Kier alpha value is -4.50. The maximum Gasteiger partial charge on any atom is 0.409 e. The summed E-state index contributed by atoms with van der Waals surface area (Å²) in [6.45, 7) is 10.6. The van der Waals surface area contributed by atoms with E-state index >= 15 is 0 Å². The third-order valence-electron chi connectivity index (χ3n) is 13.9. The molecule has 14 nitrogen and oxygen atoms in total. The van der Waals surface area contributed by atoms with Crippen molar-refractivity contribution in [3.63, 3.8) is 0 Å². The van der Waals surface area contributed by atoms with Crippen LogP contribution in [0.15, 0.2) is 71.9 Å². The molecule has 1 saturated carbocycles. The smallest absolute Gasteiger partial charge is 0.409 e. The van der Waals surface area contributed by atoms with Gasteiger partial charge in [0.1, 0.15) is 30.8 Å². The molecule has 6 atom stereocenters. The number of likely N-dealkylation sites (N-methyl/N-ethyl adjacent to an activating group) is 1. The minimum absolute atomic E-state index is 0.00912. The van der Waals surface area contributed by atoms with Crippen LogP contribution in [0.5, 0.6) is 11.5 Å². The van der Waals surface area contributed by atoms with Crippen molar-refractivity contribution in [2.75, 3.05) is 59.7 Å². The molecule has 0 radical (unpaired) electrons. The molecule has 1 amide bonds. The van der Waals surface area contributed by atoms with Crippen LogP contribution in [0.3, 0.4) is 0 Å². The summed E-state index contributed by atoms with van der Waals surface area (Å²) in [6, 6.07) is 11.5. The van der Waals surface area contributed by atoms with E-state index in [1.54, 1.807) is 30.2 Å². The van der Waals surface area contributed by atoms with Gasteiger partial charge in [0, 0.05) is 69.9 Å². The highest BCUT2D eigenvalue weighted by molar-refractivity contribution is 6.02. The van der Waals surface area contributed by atoms with E-state index in [1.165, 1.54) is 57.1 Å². The van der Waals surface area contributed by atoms with Crippen LogP contribution in [0, 0.1) is 27.9 Å². The number of carbonyl (C=O) groups is 1. The van der Waals surface area contributed by atoms with Gasteiger partial charge in [-0.05, 0) is 85.4 Å². The average molecular weight is 917 g/mol. The standard InChI is InChI=1S/C52H76N4O10/c1-4-6-7-8-9-10-11-12-13-18-33-63-51(59)54(3)48-37-46(53-65-38-39-21-23-41(24-22-39)56(60)61)44-35-40(19-14-16-30-57)43(20-15-17-31-58)49-45-36-42(62-34-29-55-27-28-55)25-26-47(45)66-52(48,50(44)49)64-32-5-2/h5,21-26,35-36,40,43,48-50,57-58H,2,4,6-20,27-34,37-38H2,1,3H3. The number of rotatable bonds is 31. The quantitative estimate of drug-likeness (QED) is 0.0243. The first kappa shape index (κ1) is 50.9. The van der Waals surface area contributed by atoms with Crippen molar-refractivity contribution in [2.45, 2.75) is 140 Å². The molecule has 0 spiro atoms. The number of amides is 1. The van der Waals surface area contributed by atoms with Crippen LogP contribution in [0.1, 0.15) is 133 Å². The summed E-state index contributed by atoms with van der Waals surface area (Å²) in [5, 5.41) is 36.1. The van der Waals surface area contributed by atoms with E-state index in [0.29, 0.717) is 37.5 Å². The number of nitro benzene ring substituents is 1. The average Bonchev–Trinajstić information content (AvgIpc) is 4.16. The second-order valence-corrected chi connectivity index (χ2v) is 18.6. The van der Waals surface area contributed by atoms with Gasteiger partial charge in [-0.3, -0.25) is 15.0 Å². The molecule has 66 heavy (non-hydrogen) atoms. The predicted octanol–water partition coefficient (Wildman–Crippen LogP) is 10.1. The predicted molar refractivity (Wildman–Crippen MR) is 256 cm³/mol. The first-order valence-corrected chi connectivity index (χ1v) is 24.9. The number of carbonyl (C=O) groups excluding carboxylic acids is 1. The number of non-ortho nitro benzene ring substituents is 1. The van der Waals surface area contributed by atoms with Crippen molar-refractivity contribution in [3.05, 3.63) is 88.0 Å². The minimum atomic E-state index is -1.40. The van der Waals surface area contributed by atoms with E-state index in [9.17, 15) is 25.1 Å². The monoisotopic (exact) mass is 917 g/mol. The molecule has 4 aliphatic rings. The summed E-state index contributed by atoms with van der Waals surface area (Å²) in [6.07, 6.45) is 20.1. The molecular weight excluding hydrogens is 841 g/mol. The highest BCUT2D eigenvalue weighted by Gasteiger charge is 2.65. The largest absolute Gasteiger partial charge is 0.492 e. The summed E-state index contributed by atoms with van der Waals surface area (Å²) in [5.41, 5.74) is 3.28. The Morgan fingerprint density at radius 1 is 0.955 bits per heavy atom. The molecule has 0 aromatic heterocycles. The Morgan fingerprint density at radius 2 is 1.65 bits per heavy atom. The van der Waals surface area contributed by atoms with Gasteiger partial charge in [-0.15, -0.1) is 6.58 Å². The molecule has 2 aromatic carbocycles. The fourth-order valence-electron chi connectivity index (χ4n) is 10.3. The first-order valence-electron chi connectivity index (χ1n) is 24.9. The Balaban J connectivity index is 1.36. The topological polar surface area (TPSA) is 165 Å². The summed E-state index contributed by atoms with van der Waals surface area (Å²) in [4.78, 5) is 35.3. The molecule has 2 N–H and O–H groups in total. The van der Waals surface area contributed by atoms with E-state index in [-0.39, 0.29) is 56.3 Å².